The van der Waals surface area contributed by atoms with Gasteiger partial charge in [-0.25, -0.2) is 9.96 Å². The van der Waals surface area contributed by atoms with Gasteiger partial charge in [-0.15, -0.1) is 0 Å². The first kappa shape index (κ1) is 24.3. The smallest absolute Gasteiger partial charge is 0.266 e. The van der Waals surface area contributed by atoms with Crippen molar-refractivity contribution in [3.8, 4) is 11.3 Å². The van der Waals surface area contributed by atoms with Crippen molar-refractivity contribution >= 4 is 69.6 Å². The first-order chi connectivity index (χ1) is 17.8. The monoisotopic (exact) mass is 572 g/mol. The molecule has 0 unspecified atom stereocenters. The maximum absolute atomic E-state index is 13.8. The molecule has 2 aliphatic heterocycles. The number of amides is 2. The molecule has 6 rings (SSSR count). The molecule has 2 fully saturated rings. The van der Waals surface area contributed by atoms with Gasteiger partial charge in [0.25, 0.3) is 5.91 Å². The summed E-state index contributed by atoms with van der Waals surface area (Å²) in [6.07, 6.45) is -1.06. The van der Waals surface area contributed by atoms with E-state index in [9.17, 15) is 9.59 Å². The van der Waals surface area contributed by atoms with E-state index < -0.39 is 29.9 Å². The SMILES string of the molecule is O=C1[C@@H]2[C@@H](ON(c3ccccc3)[C@H]2c2ccc(-c3ccc(Cl)cc3Cl)o2)C(=O)N1c1ccc(Cl)c(Cl)c1. The van der Waals surface area contributed by atoms with Gasteiger partial charge in [-0.3, -0.25) is 14.4 Å². The van der Waals surface area contributed by atoms with Crippen molar-refractivity contribution in [3.63, 3.8) is 0 Å². The molecule has 10 heteroatoms. The molecular formula is C27H16Cl4N2O4. The fourth-order valence-electron chi connectivity index (χ4n) is 4.73. The molecule has 37 heavy (non-hydrogen) atoms. The summed E-state index contributed by atoms with van der Waals surface area (Å²) < 4.78 is 6.22. The van der Waals surface area contributed by atoms with E-state index in [0.717, 1.165) is 4.90 Å². The van der Waals surface area contributed by atoms with Crippen molar-refractivity contribution in [2.75, 3.05) is 9.96 Å². The number of nitrogens with zero attached hydrogens (tertiary/aromatic N) is 2. The first-order valence-electron chi connectivity index (χ1n) is 11.2. The van der Waals surface area contributed by atoms with Crippen LogP contribution in [-0.4, -0.2) is 17.9 Å². The third-order valence-electron chi connectivity index (χ3n) is 6.40. The number of carbonyl (C=O) groups excluding carboxylic acids is 2. The van der Waals surface area contributed by atoms with Gasteiger partial charge in [0.2, 0.25) is 5.91 Å². The third-order valence-corrected chi connectivity index (χ3v) is 7.69. The number of anilines is 2. The van der Waals surface area contributed by atoms with Crippen LogP contribution in [-0.2, 0) is 14.4 Å². The van der Waals surface area contributed by atoms with Crippen LogP contribution in [0, 0.1) is 5.92 Å². The number of imide groups is 1. The zero-order chi connectivity index (χ0) is 25.8. The van der Waals surface area contributed by atoms with Gasteiger partial charge in [0.15, 0.2) is 6.10 Å². The molecule has 2 amide bonds. The molecule has 0 saturated carbocycles. The summed E-state index contributed by atoms with van der Waals surface area (Å²) in [5, 5.41) is 3.03. The average molecular weight is 574 g/mol. The Morgan fingerprint density at radius 2 is 1.49 bits per heavy atom. The van der Waals surface area contributed by atoms with Crippen molar-refractivity contribution < 1.29 is 18.8 Å². The summed E-state index contributed by atoms with van der Waals surface area (Å²) in [7, 11) is 0. The van der Waals surface area contributed by atoms with Gasteiger partial charge in [-0.05, 0) is 60.7 Å². The lowest BCUT2D eigenvalue weighted by Crippen LogP contribution is -2.37. The Labute approximate surface area is 231 Å². The minimum absolute atomic E-state index is 0.232. The predicted molar refractivity (Wildman–Crippen MR) is 143 cm³/mol. The molecule has 0 aliphatic carbocycles. The average Bonchev–Trinajstić information content (AvgIpc) is 3.57. The molecule has 3 heterocycles. The van der Waals surface area contributed by atoms with E-state index in [0.29, 0.717) is 43.5 Å². The molecule has 0 N–H and O–H groups in total. The third kappa shape index (κ3) is 4.10. The maximum atomic E-state index is 13.8. The maximum Gasteiger partial charge on any atom is 0.266 e. The Bertz CT molecular complexity index is 1540. The molecule has 2 aliphatic rings. The summed E-state index contributed by atoms with van der Waals surface area (Å²) in [6.45, 7) is 0. The highest BCUT2D eigenvalue weighted by Crippen LogP contribution is 2.49. The Kier molecular flexibility index (Phi) is 6.18. The number of carbonyl (C=O) groups is 2. The molecule has 0 spiro atoms. The summed E-state index contributed by atoms with van der Waals surface area (Å²) >= 11 is 24.6. The summed E-state index contributed by atoms with van der Waals surface area (Å²) in [6, 6.07) is 21.7. The summed E-state index contributed by atoms with van der Waals surface area (Å²) in [5.41, 5.74) is 1.64. The van der Waals surface area contributed by atoms with Crippen molar-refractivity contribution in [1.82, 2.24) is 0 Å². The highest BCUT2D eigenvalue weighted by atomic mass is 35.5. The Morgan fingerprint density at radius 3 is 2.22 bits per heavy atom. The zero-order valence-corrected chi connectivity index (χ0v) is 21.8. The second kappa shape index (κ2) is 9.39. The van der Waals surface area contributed by atoms with Crippen LogP contribution >= 0.6 is 46.4 Å². The van der Waals surface area contributed by atoms with E-state index >= 15 is 0 Å². The van der Waals surface area contributed by atoms with Crippen LogP contribution in [0.3, 0.4) is 0 Å². The van der Waals surface area contributed by atoms with E-state index in [1.54, 1.807) is 41.5 Å². The van der Waals surface area contributed by atoms with Crippen LogP contribution in [0.5, 0.6) is 0 Å². The topological polar surface area (TPSA) is 63.0 Å². The highest BCUT2D eigenvalue weighted by Gasteiger charge is 2.61. The van der Waals surface area contributed by atoms with Gasteiger partial charge in [0, 0.05) is 10.6 Å². The number of halogens is 4. The van der Waals surface area contributed by atoms with Crippen LogP contribution in [0.15, 0.2) is 83.3 Å². The Hall–Kier alpha value is -3.00. The number of para-hydroxylation sites is 1. The van der Waals surface area contributed by atoms with Gasteiger partial charge in [0.1, 0.15) is 23.5 Å². The lowest BCUT2D eigenvalue weighted by Gasteiger charge is -2.27. The predicted octanol–water partition coefficient (Wildman–Crippen LogP) is 7.61. The molecule has 6 nitrogen and oxygen atoms in total. The van der Waals surface area contributed by atoms with Gasteiger partial charge in [-0.1, -0.05) is 64.6 Å². The molecule has 3 aromatic carbocycles. The number of rotatable bonds is 4. The van der Waals surface area contributed by atoms with Crippen LogP contribution < -0.4 is 9.96 Å². The summed E-state index contributed by atoms with van der Waals surface area (Å²) in [5.74, 6) is -0.869. The first-order valence-corrected chi connectivity index (χ1v) is 12.7. The Balaban J connectivity index is 1.42. The summed E-state index contributed by atoms with van der Waals surface area (Å²) in [4.78, 5) is 34.5. The van der Waals surface area contributed by atoms with Crippen LogP contribution in [0.2, 0.25) is 20.1 Å². The number of benzene rings is 3. The quantitative estimate of drug-likeness (QED) is 0.235. The molecule has 1 aromatic heterocycles. The minimum atomic E-state index is -1.06. The molecule has 186 valence electrons. The number of hydrogen-bond acceptors (Lipinski definition) is 5. The highest BCUT2D eigenvalue weighted by molar-refractivity contribution is 6.42. The standard InChI is InChI=1S/C27H16Cl4N2O4/c28-14-6-8-17(19(30)12-14)21-10-11-22(36-21)24-23-25(37-33(24)15-4-2-1-3-5-15)27(35)32(26(23)34)16-7-9-18(29)20(31)13-16/h1-13,23-25H/t23-,24-,25+/m0/s1. The molecule has 0 radical (unpaired) electrons. The Morgan fingerprint density at radius 1 is 0.703 bits per heavy atom. The van der Waals surface area contributed by atoms with Crippen molar-refractivity contribution in [1.29, 1.82) is 0 Å². The lowest BCUT2D eigenvalue weighted by atomic mass is 9.94. The zero-order valence-electron chi connectivity index (χ0n) is 18.8. The second-order valence-electron chi connectivity index (χ2n) is 8.59. The number of fused-ring (bicyclic) bond motifs is 1. The van der Waals surface area contributed by atoms with Crippen LogP contribution in [0.4, 0.5) is 11.4 Å². The van der Waals surface area contributed by atoms with Crippen molar-refractivity contribution in [2.45, 2.75) is 12.1 Å². The van der Waals surface area contributed by atoms with Crippen molar-refractivity contribution in [3.05, 3.63) is 105 Å². The molecular weight excluding hydrogens is 558 g/mol. The normalized spacial score (nSPS) is 21.1. The van der Waals surface area contributed by atoms with E-state index in [2.05, 4.69) is 0 Å². The largest absolute Gasteiger partial charge is 0.459 e. The van der Waals surface area contributed by atoms with E-state index in [1.807, 2.05) is 30.3 Å². The fraction of sp³-hybridized carbons (Fsp3) is 0.111. The fourth-order valence-corrected chi connectivity index (χ4v) is 5.52. The molecule has 3 atom stereocenters. The minimum Gasteiger partial charge on any atom is -0.459 e. The van der Waals surface area contributed by atoms with E-state index in [4.69, 9.17) is 55.7 Å². The number of furan rings is 1. The van der Waals surface area contributed by atoms with E-state index in [1.165, 1.54) is 12.1 Å². The number of hydroxylamine groups is 1. The molecule has 2 saturated heterocycles. The van der Waals surface area contributed by atoms with Gasteiger partial charge in [-0.2, -0.15) is 0 Å². The van der Waals surface area contributed by atoms with Gasteiger partial charge < -0.3 is 4.42 Å². The number of hydrogen-bond donors (Lipinski definition) is 0. The van der Waals surface area contributed by atoms with Gasteiger partial charge in [0.05, 0.1) is 26.4 Å². The second-order valence-corrected chi connectivity index (χ2v) is 10.3. The van der Waals surface area contributed by atoms with Crippen LogP contribution in [0.25, 0.3) is 11.3 Å². The molecule has 0 bridgehead atoms. The molecule has 4 aromatic rings. The lowest BCUT2D eigenvalue weighted by molar-refractivity contribution is -0.126. The van der Waals surface area contributed by atoms with E-state index in [-0.39, 0.29) is 5.02 Å². The van der Waals surface area contributed by atoms with Gasteiger partial charge >= 0.3 is 0 Å². The van der Waals surface area contributed by atoms with Crippen molar-refractivity contribution in [2.24, 2.45) is 5.92 Å². The van der Waals surface area contributed by atoms with Crippen LogP contribution in [0.1, 0.15) is 11.8 Å².